The summed E-state index contributed by atoms with van der Waals surface area (Å²) in [6, 6.07) is 8.68. The zero-order chi connectivity index (χ0) is 16.1. The first-order chi connectivity index (χ1) is 11.3. The number of methoxy groups -OCH3 is 1. The number of hydrogen-bond donors (Lipinski definition) is 2. The van der Waals surface area contributed by atoms with Crippen LogP contribution in [0, 0.1) is 0 Å². The van der Waals surface area contributed by atoms with E-state index in [4.69, 9.17) is 4.74 Å². The molecule has 2 N–H and O–H groups in total. The van der Waals surface area contributed by atoms with Gasteiger partial charge in [-0.3, -0.25) is 14.8 Å². The molecule has 3 saturated heterocycles. The van der Waals surface area contributed by atoms with Gasteiger partial charge in [0, 0.05) is 58.9 Å². The maximum Gasteiger partial charge on any atom is 0.191 e. The van der Waals surface area contributed by atoms with E-state index < -0.39 is 0 Å². The van der Waals surface area contributed by atoms with Crippen molar-refractivity contribution >= 4 is 29.9 Å². The van der Waals surface area contributed by atoms with E-state index in [9.17, 15) is 0 Å². The Kier molecular flexibility index (Phi) is 7.57. The number of ether oxygens (including phenoxy) is 1. The van der Waals surface area contributed by atoms with Gasteiger partial charge in [-0.1, -0.05) is 12.1 Å². The zero-order valence-corrected chi connectivity index (χ0v) is 16.8. The molecule has 0 saturated carbocycles. The van der Waals surface area contributed by atoms with Crippen LogP contribution in [-0.4, -0.2) is 75.2 Å². The summed E-state index contributed by atoms with van der Waals surface area (Å²) in [7, 11) is 3.51. The Morgan fingerprint density at radius 3 is 2.67 bits per heavy atom. The number of nitrogens with zero attached hydrogens (tertiary/aromatic N) is 3. The molecule has 3 fully saturated rings. The summed E-state index contributed by atoms with van der Waals surface area (Å²) in [4.78, 5) is 9.46. The van der Waals surface area contributed by atoms with Crippen molar-refractivity contribution in [2.24, 2.45) is 4.99 Å². The van der Waals surface area contributed by atoms with E-state index in [2.05, 4.69) is 31.5 Å². The largest absolute Gasteiger partial charge is 0.497 e. The van der Waals surface area contributed by atoms with Crippen LogP contribution in [0.4, 0.5) is 0 Å². The first-order valence-electron chi connectivity index (χ1n) is 8.32. The number of rotatable bonds is 5. The van der Waals surface area contributed by atoms with Gasteiger partial charge >= 0.3 is 0 Å². The van der Waals surface area contributed by atoms with Crippen molar-refractivity contribution < 1.29 is 4.74 Å². The second kappa shape index (κ2) is 9.43. The number of hydrogen-bond acceptors (Lipinski definition) is 4. The lowest BCUT2D eigenvalue weighted by Gasteiger charge is -2.47. The molecule has 1 atom stereocenters. The summed E-state index contributed by atoms with van der Waals surface area (Å²) in [5.41, 5.74) is 1.18. The molecule has 0 aliphatic carbocycles. The highest BCUT2D eigenvalue weighted by Crippen LogP contribution is 2.15. The molecule has 4 rings (SSSR count). The third kappa shape index (κ3) is 4.97. The zero-order valence-electron chi connectivity index (χ0n) is 14.5. The second-order valence-corrected chi connectivity index (χ2v) is 6.15. The smallest absolute Gasteiger partial charge is 0.191 e. The average molecular weight is 445 g/mol. The first kappa shape index (κ1) is 19.3. The summed E-state index contributed by atoms with van der Waals surface area (Å²) >= 11 is 0. The van der Waals surface area contributed by atoms with Crippen LogP contribution in [0.2, 0.25) is 0 Å². The molecule has 6 nitrogen and oxygen atoms in total. The predicted molar refractivity (Wildman–Crippen MR) is 108 cm³/mol. The number of benzene rings is 1. The molecule has 2 bridgehead atoms. The SMILES string of the molecule is CN=C(NCc1cccc(OC)c1)NCC1CN2CCN1CC2.I. The van der Waals surface area contributed by atoms with E-state index in [0.29, 0.717) is 6.04 Å². The standard InChI is InChI=1S/C17H27N5O.HI/c1-18-17(19-11-14-4-3-5-16(10-14)23-2)20-12-15-13-21-6-8-22(15)9-7-21;/h3-5,10,15H,6-9,11-13H2,1-2H3,(H2,18,19,20);1H. The highest BCUT2D eigenvalue weighted by molar-refractivity contribution is 14.0. The summed E-state index contributed by atoms with van der Waals surface area (Å²) in [5.74, 6) is 1.73. The van der Waals surface area contributed by atoms with Crippen molar-refractivity contribution in [2.75, 3.05) is 53.4 Å². The van der Waals surface area contributed by atoms with Crippen LogP contribution in [0.3, 0.4) is 0 Å². The highest BCUT2D eigenvalue weighted by Gasteiger charge is 2.31. The number of aliphatic imine (C=N–C) groups is 1. The number of fused-ring (bicyclic) bond motifs is 3. The van der Waals surface area contributed by atoms with E-state index in [1.54, 1.807) is 7.11 Å². The van der Waals surface area contributed by atoms with Crippen LogP contribution < -0.4 is 15.4 Å². The highest BCUT2D eigenvalue weighted by atomic mass is 127. The Bertz CT molecular complexity index is 546. The van der Waals surface area contributed by atoms with Crippen LogP contribution in [-0.2, 0) is 6.54 Å². The minimum Gasteiger partial charge on any atom is -0.497 e. The monoisotopic (exact) mass is 445 g/mol. The molecule has 0 amide bonds. The van der Waals surface area contributed by atoms with Gasteiger partial charge in [0.05, 0.1) is 7.11 Å². The van der Waals surface area contributed by atoms with E-state index in [-0.39, 0.29) is 24.0 Å². The summed E-state index contributed by atoms with van der Waals surface area (Å²) in [6.07, 6.45) is 0. The minimum atomic E-state index is 0. The molecule has 7 heteroatoms. The molecule has 0 spiro atoms. The normalized spacial score (nSPS) is 25.8. The molecular weight excluding hydrogens is 417 g/mol. The Balaban J connectivity index is 0.00000208. The third-order valence-corrected chi connectivity index (χ3v) is 4.72. The summed E-state index contributed by atoms with van der Waals surface area (Å²) in [5, 5.41) is 6.83. The van der Waals surface area contributed by atoms with Crippen LogP contribution in [0.5, 0.6) is 5.75 Å². The summed E-state index contributed by atoms with van der Waals surface area (Å²) < 4.78 is 5.26. The van der Waals surface area contributed by atoms with Crippen LogP contribution >= 0.6 is 24.0 Å². The Morgan fingerprint density at radius 1 is 1.25 bits per heavy atom. The van der Waals surface area contributed by atoms with Crippen molar-refractivity contribution in [1.29, 1.82) is 0 Å². The van der Waals surface area contributed by atoms with Gasteiger partial charge in [0.15, 0.2) is 5.96 Å². The molecule has 1 aromatic rings. The van der Waals surface area contributed by atoms with Crippen molar-refractivity contribution in [2.45, 2.75) is 12.6 Å². The van der Waals surface area contributed by atoms with Gasteiger partial charge in [-0.2, -0.15) is 0 Å². The number of nitrogens with one attached hydrogen (secondary N) is 2. The molecule has 24 heavy (non-hydrogen) atoms. The Labute approximate surface area is 161 Å². The first-order valence-corrected chi connectivity index (χ1v) is 8.32. The van der Waals surface area contributed by atoms with Crippen LogP contribution in [0.15, 0.2) is 29.3 Å². The van der Waals surface area contributed by atoms with Gasteiger partial charge < -0.3 is 15.4 Å². The fraction of sp³-hybridized carbons (Fsp3) is 0.588. The molecule has 1 unspecified atom stereocenters. The Hall–Kier alpha value is -1.06. The average Bonchev–Trinajstić information content (AvgIpc) is 2.63. The molecule has 3 aliphatic rings. The molecule has 0 radical (unpaired) electrons. The molecule has 134 valence electrons. The topological polar surface area (TPSA) is 52.1 Å². The number of guanidine groups is 1. The van der Waals surface area contributed by atoms with Gasteiger partial charge in [-0.15, -0.1) is 24.0 Å². The van der Waals surface area contributed by atoms with Crippen LogP contribution in [0.25, 0.3) is 0 Å². The minimum absolute atomic E-state index is 0. The lowest BCUT2D eigenvalue weighted by Crippen LogP contribution is -2.63. The van der Waals surface area contributed by atoms with E-state index in [1.165, 1.54) is 38.3 Å². The maximum absolute atomic E-state index is 5.26. The molecule has 0 aromatic heterocycles. The lowest BCUT2D eigenvalue weighted by atomic mass is 10.1. The van der Waals surface area contributed by atoms with Crippen molar-refractivity contribution in [3.05, 3.63) is 29.8 Å². The second-order valence-electron chi connectivity index (χ2n) is 6.15. The predicted octanol–water partition coefficient (Wildman–Crippen LogP) is 0.978. The third-order valence-electron chi connectivity index (χ3n) is 4.72. The fourth-order valence-electron chi connectivity index (χ4n) is 3.32. The van der Waals surface area contributed by atoms with Gasteiger partial charge in [-0.25, -0.2) is 0 Å². The number of halogens is 1. The van der Waals surface area contributed by atoms with Gasteiger partial charge in [0.1, 0.15) is 5.75 Å². The molecule has 1 aromatic carbocycles. The van der Waals surface area contributed by atoms with E-state index in [1.807, 2.05) is 25.2 Å². The van der Waals surface area contributed by atoms with Gasteiger partial charge in [0.25, 0.3) is 0 Å². The van der Waals surface area contributed by atoms with E-state index >= 15 is 0 Å². The lowest BCUT2D eigenvalue weighted by molar-refractivity contribution is 0.0154. The fourth-order valence-corrected chi connectivity index (χ4v) is 3.32. The van der Waals surface area contributed by atoms with Crippen molar-refractivity contribution in [1.82, 2.24) is 20.4 Å². The molecular formula is C17H28IN5O. The summed E-state index contributed by atoms with van der Waals surface area (Å²) in [6.45, 7) is 7.68. The Morgan fingerprint density at radius 2 is 2.04 bits per heavy atom. The molecule has 3 aliphatic heterocycles. The van der Waals surface area contributed by atoms with Gasteiger partial charge in [0.2, 0.25) is 0 Å². The van der Waals surface area contributed by atoms with Crippen molar-refractivity contribution in [3.8, 4) is 5.75 Å². The number of piperazine rings is 3. The van der Waals surface area contributed by atoms with Crippen molar-refractivity contribution in [3.63, 3.8) is 0 Å². The quantitative estimate of drug-likeness (QED) is 0.402. The van der Waals surface area contributed by atoms with Crippen LogP contribution in [0.1, 0.15) is 5.56 Å². The van der Waals surface area contributed by atoms with Gasteiger partial charge in [-0.05, 0) is 17.7 Å². The van der Waals surface area contributed by atoms with E-state index in [0.717, 1.165) is 24.8 Å². The molecule has 3 heterocycles. The maximum atomic E-state index is 5.26.